The van der Waals surface area contributed by atoms with Crippen molar-refractivity contribution in [2.75, 3.05) is 5.73 Å². The lowest BCUT2D eigenvalue weighted by Gasteiger charge is -2.16. The minimum Gasteiger partial charge on any atom is -0.399 e. The Morgan fingerprint density at radius 3 is 2.52 bits per heavy atom. The predicted molar refractivity (Wildman–Crippen MR) is 89.4 cm³/mol. The van der Waals surface area contributed by atoms with Crippen LogP contribution in [0.4, 0.5) is 5.69 Å². The number of anilines is 1. The first-order valence-electron chi connectivity index (χ1n) is 7.33. The average molecular weight is 279 g/mol. The normalized spacial score (nSPS) is 11.5. The highest BCUT2D eigenvalue weighted by atomic mass is 15.1. The molecule has 0 fully saturated rings. The Bertz CT molecular complexity index is 813. The highest BCUT2D eigenvalue weighted by Crippen LogP contribution is 2.32. The third kappa shape index (κ3) is 2.19. The zero-order chi connectivity index (χ0) is 15.1. The molecule has 1 heterocycles. The number of para-hydroxylation sites is 2. The lowest BCUT2D eigenvalue weighted by Crippen LogP contribution is -2.05. The van der Waals surface area contributed by atoms with Crippen molar-refractivity contribution in [1.29, 1.82) is 0 Å². The number of nitrogens with two attached hydrogens (primary N) is 1. The summed E-state index contributed by atoms with van der Waals surface area (Å²) in [7, 11) is 0. The Morgan fingerprint density at radius 2 is 1.81 bits per heavy atom. The van der Waals surface area contributed by atoms with E-state index in [0.29, 0.717) is 6.04 Å². The summed E-state index contributed by atoms with van der Waals surface area (Å²) >= 11 is 0. The van der Waals surface area contributed by atoms with Crippen molar-refractivity contribution >= 4 is 16.7 Å². The number of aromatic nitrogens is 2. The number of hydrogen-bond donors (Lipinski definition) is 1. The van der Waals surface area contributed by atoms with Gasteiger partial charge in [0.15, 0.2) is 0 Å². The summed E-state index contributed by atoms with van der Waals surface area (Å²) in [6.07, 6.45) is 0. The fourth-order valence-corrected chi connectivity index (χ4v) is 2.88. The summed E-state index contributed by atoms with van der Waals surface area (Å²) in [6, 6.07) is 12.7. The summed E-state index contributed by atoms with van der Waals surface area (Å²) in [6.45, 7) is 8.60. The van der Waals surface area contributed by atoms with Crippen LogP contribution in [0.1, 0.15) is 31.0 Å². The molecular formula is C18H21N3. The average Bonchev–Trinajstić information content (AvgIpc) is 2.82. The standard InChI is InChI=1S/C18H21N3/c1-11(2)21-17-8-6-5-7-16(17)20-18(21)15-10-14(19)9-12(3)13(15)4/h5-11H,19H2,1-4H3. The lowest BCUT2D eigenvalue weighted by atomic mass is 10.0. The Kier molecular flexibility index (Phi) is 3.20. The highest BCUT2D eigenvalue weighted by molar-refractivity contribution is 5.82. The Hall–Kier alpha value is -2.29. The van der Waals surface area contributed by atoms with Gasteiger partial charge in [-0.15, -0.1) is 0 Å². The van der Waals surface area contributed by atoms with E-state index in [1.54, 1.807) is 0 Å². The molecule has 0 aliphatic heterocycles. The maximum absolute atomic E-state index is 6.05. The van der Waals surface area contributed by atoms with E-state index < -0.39 is 0 Å². The van der Waals surface area contributed by atoms with Crippen LogP contribution in [-0.4, -0.2) is 9.55 Å². The third-order valence-electron chi connectivity index (χ3n) is 4.04. The molecule has 3 aromatic rings. The number of benzene rings is 2. The molecular weight excluding hydrogens is 258 g/mol. The molecule has 3 nitrogen and oxygen atoms in total. The molecule has 3 heteroatoms. The van der Waals surface area contributed by atoms with Gasteiger partial charge in [-0.1, -0.05) is 12.1 Å². The molecule has 0 bridgehead atoms. The first kappa shape index (κ1) is 13.7. The van der Waals surface area contributed by atoms with Crippen molar-refractivity contribution in [2.24, 2.45) is 0 Å². The monoisotopic (exact) mass is 279 g/mol. The van der Waals surface area contributed by atoms with Crippen LogP contribution in [0.25, 0.3) is 22.4 Å². The first-order valence-corrected chi connectivity index (χ1v) is 7.33. The molecule has 108 valence electrons. The molecule has 0 amide bonds. The quantitative estimate of drug-likeness (QED) is 0.703. The predicted octanol–water partition coefficient (Wildman–Crippen LogP) is 4.48. The number of rotatable bonds is 2. The van der Waals surface area contributed by atoms with Crippen molar-refractivity contribution in [3.8, 4) is 11.4 Å². The van der Waals surface area contributed by atoms with Gasteiger partial charge in [0.05, 0.1) is 11.0 Å². The van der Waals surface area contributed by atoms with Crippen LogP contribution in [0.3, 0.4) is 0 Å². The fourth-order valence-electron chi connectivity index (χ4n) is 2.88. The van der Waals surface area contributed by atoms with E-state index in [4.69, 9.17) is 10.7 Å². The molecule has 0 radical (unpaired) electrons. The molecule has 21 heavy (non-hydrogen) atoms. The lowest BCUT2D eigenvalue weighted by molar-refractivity contribution is 0.624. The maximum Gasteiger partial charge on any atom is 0.141 e. The smallest absolute Gasteiger partial charge is 0.141 e. The second-order valence-electron chi connectivity index (χ2n) is 5.90. The van der Waals surface area contributed by atoms with Crippen LogP contribution < -0.4 is 5.73 Å². The van der Waals surface area contributed by atoms with E-state index in [-0.39, 0.29) is 0 Å². The SMILES string of the molecule is Cc1cc(N)cc(-c2nc3ccccc3n2C(C)C)c1C. The number of nitrogen functional groups attached to an aromatic ring is 1. The van der Waals surface area contributed by atoms with E-state index in [2.05, 4.69) is 50.5 Å². The van der Waals surface area contributed by atoms with Crippen molar-refractivity contribution in [3.63, 3.8) is 0 Å². The van der Waals surface area contributed by atoms with Crippen LogP contribution >= 0.6 is 0 Å². The summed E-state index contributed by atoms with van der Waals surface area (Å²) in [5.41, 5.74) is 12.6. The molecule has 0 saturated heterocycles. The van der Waals surface area contributed by atoms with Gasteiger partial charge in [0.1, 0.15) is 5.82 Å². The van der Waals surface area contributed by atoms with E-state index in [1.165, 1.54) is 16.6 Å². The van der Waals surface area contributed by atoms with E-state index >= 15 is 0 Å². The molecule has 0 aliphatic rings. The molecule has 0 unspecified atom stereocenters. The van der Waals surface area contributed by atoms with Gasteiger partial charge in [-0.3, -0.25) is 0 Å². The van der Waals surface area contributed by atoms with Crippen LogP contribution in [0.15, 0.2) is 36.4 Å². The number of fused-ring (bicyclic) bond motifs is 1. The minimum absolute atomic E-state index is 0.341. The Morgan fingerprint density at radius 1 is 1.10 bits per heavy atom. The topological polar surface area (TPSA) is 43.8 Å². The van der Waals surface area contributed by atoms with Crippen LogP contribution in [0.2, 0.25) is 0 Å². The van der Waals surface area contributed by atoms with Crippen molar-refractivity contribution < 1.29 is 0 Å². The number of hydrogen-bond acceptors (Lipinski definition) is 2. The van der Waals surface area contributed by atoms with E-state index in [1.807, 2.05) is 18.2 Å². The highest BCUT2D eigenvalue weighted by Gasteiger charge is 2.17. The fraction of sp³-hybridized carbons (Fsp3) is 0.278. The van der Waals surface area contributed by atoms with Crippen LogP contribution in [0.5, 0.6) is 0 Å². The van der Waals surface area contributed by atoms with Gasteiger partial charge >= 0.3 is 0 Å². The molecule has 0 atom stereocenters. The van der Waals surface area contributed by atoms with Gasteiger partial charge in [0.2, 0.25) is 0 Å². The van der Waals surface area contributed by atoms with Gasteiger partial charge in [0, 0.05) is 17.3 Å². The zero-order valence-corrected chi connectivity index (χ0v) is 13.0. The summed E-state index contributed by atoms with van der Waals surface area (Å²) in [5.74, 6) is 0.999. The summed E-state index contributed by atoms with van der Waals surface area (Å²) < 4.78 is 2.29. The summed E-state index contributed by atoms with van der Waals surface area (Å²) in [4.78, 5) is 4.85. The second-order valence-corrected chi connectivity index (χ2v) is 5.90. The maximum atomic E-state index is 6.05. The first-order chi connectivity index (χ1) is 9.99. The van der Waals surface area contributed by atoms with E-state index in [9.17, 15) is 0 Å². The van der Waals surface area contributed by atoms with Gasteiger partial charge in [-0.25, -0.2) is 4.98 Å². The third-order valence-corrected chi connectivity index (χ3v) is 4.04. The molecule has 3 rings (SSSR count). The molecule has 2 aromatic carbocycles. The molecule has 0 saturated carbocycles. The van der Waals surface area contributed by atoms with Crippen molar-refractivity contribution in [3.05, 3.63) is 47.5 Å². The zero-order valence-electron chi connectivity index (χ0n) is 13.0. The Labute approximate surface area is 125 Å². The van der Waals surface area contributed by atoms with Crippen molar-refractivity contribution in [1.82, 2.24) is 9.55 Å². The number of nitrogens with zero attached hydrogens (tertiary/aromatic N) is 2. The second kappa shape index (κ2) is 4.92. The van der Waals surface area contributed by atoms with Gasteiger partial charge in [0.25, 0.3) is 0 Å². The largest absolute Gasteiger partial charge is 0.399 e. The molecule has 0 aliphatic carbocycles. The number of imidazole rings is 1. The molecule has 0 spiro atoms. The molecule has 2 N–H and O–H groups in total. The minimum atomic E-state index is 0.341. The van der Waals surface area contributed by atoms with Gasteiger partial charge in [-0.05, 0) is 63.1 Å². The van der Waals surface area contributed by atoms with Gasteiger partial charge in [-0.2, -0.15) is 0 Å². The van der Waals surface area contributed by atoms with Gasteiger partial charge < -0.3 is 10.3 Å². The summed E-state index contributed by atoms with van der Waals surface area (Å²) in [5, 5.41) is 0. The Balaban J connectivity index is 2.38. The van der Waals surface area contributed by atoms with E-state index in [0.717, 1.165) is 22.6 Å². The van der Waals surface area contributed by atoms with Crippen molar-refractivity contribution in [2.45, 2.75) is 33.7 Å². The molecule has 1 aromatic heterocycles. The number of aryl methyl sites for hydroxylation is 1. The van der Waals surface area contributed by atoms with Crippen LogP contribution in [-0.2, 0) is 0 Å². The van der Waals surface area contributed by atoms with Crippen LogP contribution in [0, 0.1) is 13.8 Å².